The summed E-state index contributed by atoms with van der Waals surface area (Å²) in [6.07, 6.45) is 3.46. The molecule has 0 unspecified atom stereocenters. The Morgan fingerprint density at radius 1 is 1.26 bits per heavy atom. The Balaban J connectivity index is 2.44. The first-order chi connectivity index (χ1) is 11.0. The fourth-order valence-electron chi connectivity index (χ4n) is 2.13. The molecule has 2 aromatic heterocycles. The van der Waals surface area contributed by atoms with Crippen molar-refractivity contribution in [2.45, 2.75) is 46.2 Å². The lowest BCUT2D eigenvalue weighted by Crippen LogP contribution is -2.31. The Labute approximate surface area is 135 Å². The molecule has 0 aliphatic heterocycles. The largest absolute Gasteiger partial charge is 0.283 e. The number of hydrogen-bond donors (Lipinski definition) is 0. The molecule has 0 aliphatic rings. The number of aryl methyl sites for hydroxylation is 1. The lowest BCUT2D eigenvalue weighted by atomic mass is 10.3. The molecule has 2 heterocycles. The van der Waals surface area contributed by atoms with Gasteiger partial charge in [0.05, 0.1) is 0 Å². The molecule has 0 atom stereocenters. The number of hydrogen-bond acceptors (Lipinski definition) is 4. The van der Waals surface area contributed by atoms with Gasteiger partial charge in [-0.15, -0.1) is 0 Å². The van der Waals surface area contributed by atoms with Crippen LogP contribution in [0.3, 0.4) is 0 Å². The number of aromatic nitrogens is 3. The minimum absolute atomic E-state index is 0.0721. The average molecular weight is 314 g/mol. The molecule has 0 bridgehead atoms. The number of rotatable bonds is 5. The molecule has 0 aliphatic carbocycles. The van der Waals surface area contributed by atoms with E-state index >= 15 is 0 Å². The molecular formula is C17H22N4O2. The molecule has 0 N–H and O–H groups in total. The lowest BCUT2D eigenvalue weighted by Gasteiger charge is -2.08. The second kappa shape index (κ2) is 7.67. The highest BCUT2D eigenvalue weighted by atomic mass is 16.2. The van der Waals surface area contributed by atoms with Gasteiger partial charge in [-0.2, -0.15) is 5.10 Å². The Hall–Kier alpha value is -2.50. The average Bonchev–Trinajstić information content (AvgIpc) is 2.53. The van der Waals surface area contributed by atoms with Crippen LogP contribution in [0.1, 0.15) is 44.1 Å². The first-order valence-corrected chi connectivity index (χ1v) is 7.87. The third-order valence-electron chi connectivity index (χ3n) is 3.26. The number of unbranched alkanes of at least 4 members (excludes halogenated alkanes) is 1. The van der Waals surface area contributed by atoms with Crippen LogP contribution in [0.15, 0.2) is 46.3 Å². The van der Waals surface area contributed by atoms with E-state index in [9.17, 15) is 9.59 Å². The molecule has 0 radical (unpaired) electrons. The molecule has 0 amide bonds. The Kier molecular flexibility index (Phi) is 5.62. The van der Waals surface area contributed by atoms with Crippen molar-refractivity contribution in [1.82, 2.24) is 14.3 Å². The molecular weight excluding hydrogens is 292 g/mol. The van der Waals surface area contributed by atoms with Crippen molar-refractivity contribution in [3.63, 3.8) is 0 Å². The van der Waals surface area contributed by atoms with E-state index in [-0.39, 0.29) is 23.2 Å². The van der Waals surface area contributed by atoms with Crippen LogP contribution in [0.25, 0.3) is 0 Å². The van der Waals surface area contributed by atoms with Crippen LogP contribution in [0, 0.1) is 0 Å². The second-order valence-corrected chi connectivity index (χ2v) is 5.59. The molecule has 2 aromatic rings. The molecule has 6 nitrogen and oxygen atoms in total. The van der Waals surface area contributed by atoms with E-state index in [2.05, 4.69) is 10.1 Å². The normalized spacial score (nSPS) is 11.9. The van der Waals surface area contributed by atoms with E-state index in [0.29, 0.717) is 12.0 Å². The molecule has 0 saturated carbocycles. The maximum absolute atomic E-state index is 12.7. The van der Waals surface area contributed by atoms with Gasteiger partial charge in [0.2, 0.25) is 0 Å². The lowest BCUT2D eigenvalue weighted by molar-refractivity contribution is 0.0947. The first kappa shape index (κ1) is 16.9. The van der Waals surface area contributed by atoms with Gasteiger partial charge in [0.1, 0.15) is 11.2 Å². The summed E-state index contributed by atoms with van der Waals surface area (Å²) in [4.78, 5) is 29.0. The minimum atomic E-state index is -0.296. The maximum atomic E-state index is 12.7. The number of pyridine rings is 1. The molecule has 0 fully saturated rings. The zero-order valence-corrected chi connectivity index (χ0v) is 13.8. The van der Waals surface area contributed by atoms with Crippen molar-refractivity contribution < 1.29 is 4.79 Å². The van der Waals surface area contributed by atoms with Crippen molar-refractivity contribution in [3.05, 3.63) is 58.1 Å². The van der Waals surface area contributed by atoms with E-state index in [1.165, 1.54) is 21.4 Å². The predicted molar refractivity (Wildman–Crippen MR) is 88.3 cm³/mol. The SMILES string of the molecule is CCCCn1nc(C(=O)n2ccccc2=NC(C)C)ccc1=O. The summed E-state index contributed by atoms with van der Waals surface area (Å²) in [6, 6.07) is 8.31. The van der Waals surface area contributed by atoms with Gasteiger partial charge in [0.15, 0.2) is 0 Å². The Bertz CT molecular complexity index is 802. The van der Waals surface area contributed by atoms with E-state index in [1.54, 1.807) is 18.3 Å². The van der Waals surface area contributed by atoms with Crippen molar-refractivity contribution in [1.29, 1.82) is 0 Å². The smallest absolute Gasteiger partial charge is 0.268 e. The first-order valence-electron chi connectivity index (χ1n) is 7.87. The van der Waals surface area contributed by atoms with Gasteiger partial charge in [-0.05, 0) is 38.5 Å². The maximum Gasteiger partial charge on any atom is 0.283 e. The van der Waals surface area contributed by atoms with Gasteiger partial charge in [0, 0.05) is 24.8 Å². The van der Waals surface area contributed by atoms with E-state index in [1.807, 2.05) is 26.8 Å². The topological polar surface area (TPSA) is 69.2 Å². The van der Waals surface area contributed by atoms with Gasteiger partial charge in [-0.1, -0.05) is 19.4 Å². The van der Waals surface area contributed by atoms with E-state index in [0.717, 1.165) is 12.8 Å². The molecule has 0 saturated heterocycles. The monoisotopic (exact) mass is 314 g/mol. The van der Waals surface area contributed by atoms with Crippen molar-refractivity contribution in [3.8, 4) is 0 Å². The highest BCUT2D eigenvalue weighted by Crippen LogP contribution is 1.97. The minimum Gasteiger partial charge on any atom is -0.268 e. The van der Waals surface area contributed by atoms with E-state index in [4.69, 9.17) is 0 Å². The van der Waals surface area contributed by atoms with Crippen LogP contribution in [0.5, 0.6) is 0 Å². The summed E-state index contributed by atoms with van der Waals surface area (Å²) < 4.78 is 2.80. The van der Waals surface area contributed by atoms with Crippen LogP contribution in [-0.4, -0.2) is 26.3 Å². The highest BCUT2D eigenvalue weighted by molar-refractivity contribution is 5.93. The van der Waals surface area contributed by atoms with Gasteiger partial charge >= 0.3 is 0 Å². The zero-order chi connectivity index (χ0) is 16.8. The van der Waals surface area contributed by atoms with Crippen LogP contribution in [-0.2, 0) is 6.54 Å². The van der Waals surface area contributed by atoms with Gasteiger partial charge < -0.3 is 0 Å². The number of nitrogens with zero attached hydrogens (tertiary/aromatic N) is 4. The van der Waals surface area contributed by atoms with Crippen LogP contribution >= 0.6 is 0 Å². The Morgan fingerprint density at radius 2 is 2.04 bits per heavy atom. The van der Waals surface area contributed by atoms with Crippen molar-refractivity contribution in [2.24, 2.45) is 4.99 Å². The second-order valence-electron chi connectivity index (χ2n) is 5.59. The summed E-state index contributed by atoms with van der Waals surface area (Å²) in [5, 5.41) is 4.20. The number of carbonyl (C=O) groups is 1. The third-order valence-corrected chi connectivity index (χ3v) is 3.26. The molecule has 6 heteroatoms. The van der Waals surface area contributed by atoms with Crippen molar-refractivity contribution >= 4 is 5.91 Å². The van der Waals surface area contributed by atoms with Gasteiger partial charge in [-0.3, -0.25) is 19.1 Å². The van der Waals surface area contributed by atoms with Crippen LogP contribution in [0.4, 0.5) is 0 Å². The summed E-state index contributed by atoms with van der Waals surface area (Å²) in [5.41, 5.74) is 0.609. The Morgan fingerprint density at radius 3 is 2.74 bits per heavy atom. The van der Waals surface area contributed by atoms with Crippen LogP contribution < -0.4 is 11.0 Å². The van der Waals surface area contributed by atoms with Crippen LogP contribution in [0.2, 0.25) is 0 Å². The summed E-state index contributed by atoms with van der Waals surface area (Å²) in [5.74, 6) is -0.296. The molecule has 23 heavy (non-hydrogen) atoms. The summed E-state index contributed by atoms with van der Waals surface area (Å²) >= 11 is 0. The third kappa shape index (κ3) is 4.25. The highest BCUT2D eigenvalue weighted by Gasteiger charge is 2.12. The summed E-state index contributed by atoms with van der Waals surface area (Å²) in [7, 11) is 0. The fraction of sp³-hybridized carbons (Fsp3) is 0.412. The summed E-state index contributed by atoms with van der Waals surface area (Å²) in [6.45, 7) is 6.45. The quantitative estimate of drug-likeness (QED) is 0.845. The molecule has 2 rings (SSSR count). The molecule has 0 aromatic carbocycles. The number of carbonyl (C=O) groups excluding carboxylic acids is 1. The predicted octanol–water partition coefficient (Wildman–Crippen LogP) is 1.84. The molecule has 122 valence electrons. The van der Waals surface area contributed by atoms with Crippen molar-refractivity contribution in [2.75, 3.05) is 0 Å². The van der Waals surface area contributed by atoms with E-state index < -0.39 is 0 Å². The molecule has 0 spiro atoms. The van der Waals surface area contributed by atoms with Gasteiger partial charge in [0.25, 0.3) is 11.5 Å². The fourth-order valence-corrected chi connectivity index (χ4v) is 2.13. The van der Waals surface area contributed by atoms with Gasteiger partial charge in [-0.25, -0.2) is 4.68 Å². The zero-order valence-electron chi connectivity index (χ0n) is 13.8. The standard InChI is InChI=1S/C17H22N4O2/c1-4-5-12-21-16(22)10-9-14(19-21)17(23)20-11-7-6-8-15(20)18-13(2)3/h6-11,13H,4-5,12H2,1-3H3.